The summed E-state index contributed by atoms with van der Waals surface area (Å²) in [6, 6.07) is 2.71. The standard InChI is InChI=1S/C7H4Cl2FNO2S/c8-6-3-5(4-7(9)11-6)1-2-14(10,12)13/h1-4H/b2-1+. The second-order valence-electron chi connectivity index (χ2n) is 2.32. The second kappa shape index (κ2) is 4.25. The third-order valence-electron chi connectivity index (χ3n) is 1.21. The Morgan fingerprint density at radius 1 is 1.29 bits per heavy atom. The van der Waals surface area contributed by atoms with Crippen LogP contribution in [0.2, 0.25) is 10.3 Å². The predicted octanol–water partition coefficient (Wildman–Crippen LogP) is 2.66. The van der Waals surface area contributed by atoms with Crippen molar-refractivity contribution in [3.63, 3.8) is 0 Å². The van der Waals surface area contributed by atoms with Gasteiger partial charge in [0, 0.05) is 0 Å². The summed E-state index contributed by atoms with van der Waals surface area (Å²) >= 11 is 11.1. The van der Waals surface area contributed by atoms with Crippen LogP contribution in [0.3, 0.4) is 0 Å². The Morgan fingerprint density at radius 3 is 2.21 bits per heavy atom. The van der Waals surface area contributed by atoms with Crippen molar-refractivity contribution in [1.29, 1.82) is 0 Å². The van der Waals surface area contributed by atoms with Crippen LogP contribution in [0.5, 0.6) is 0 Å². The Balaban J connectivity index is 3.04. The summed E-state index contributed by atoms with van der Waals surface area (Å²) in [6.07, 6.45) is 1.04. The molecule has 0 atom stereocenters. The Morgan fingerprint density at radius 2 is 1.79 bits per heavy atom. The third kappa shape index (κ3) is 4.04. The lowest BCUT2D eigenvalue weighted by Gasteiger charge is -1.95. The molecule has 0 fully saturated rings. The van der Waals surface area contributed by atoms with Gasteiger partial charge in [-0.25, -0.2) is 4.98 Å². The van der Waals surface area contributed by atoms with Crippen molar-refractivity contribution < 1.29 is 12.3 Å². The first-order valence-corrected chi connectivity index (χ1v) is 5.53. The number of hydrogen-bond acceptors (Lipinski definition) is 3. The first-order chi connectivity index (χ1) is 6.37. The van der Waals surface area contributed by atoms with Crippen LogP contribution in [-0.4, -0.2) is 13.4 Å². The molecule has 0 aliphatic heterocycles. The van der Waals surface area contributed by atoms with Crippen LogP contribution in [0.15, 0.2) is 17.5 Å². The molecule has 3 nitrogen and oxygen atoms in total. The second-order valence-corrected chi connectivity index (χ2v) is 4.32. The number of halogens is 3. The van der Waals surface area contributed by atoms with E-state index in [1.54, 1.807) is 0 Å². The minimum Gasteiger partial charge on any atom is -0.224 e. The van der Waals surface area contributed by atoms with E-state index in [4.69, 9.17) is 23.2 Å². The molecule has 1 rings (SSSR count). The summed E-state index contributed by atoms with van der Waals surface area (Å²) < 4.78 is 32.4. The maximum absolute atomic E-state index is 12.1. The molecule has 76 valence electrons. The van der Waals surface area contributed by atoms with Gasteiger partial charge in [0.1, 0.15) is 10.3 Å². The Bertz CT molecular complexity index is 452. The van der Waals surface area contributed by atoms with Crippen LogP contribution in [0.1, 0.15) is 5.56 Å². The first-order valence-electron chi connectivity index (χ1n) is 3.33. The summed E-state index contributed by atoms with van der Waals surface area (Å²) in [5.74, 6) is 0. The highest BCUT2D eigenvalue weighted by Gasteiger charge is 2.00. The summed E-state index contributed by atoms with van der Waals surface area (Å²) in [5, 5.41) is 0.622. The van der Waals surface area contributed by atoms with Crippen molar-refractivity contribution in [3.8, 4) is 0 Å². The molecule has 1 heterocycles. The smallest absolute Gasteiger partial charge is 0.224 e. The monoisotopic (exact) mass is 255 g/mol. The molecule has 0 aliphatic carbocycles. The highest BCUT2D eigenvalue weighted by Crippen LogP contribution is 2.16. The van der Waals surface area contributed by atoms with Crippen LogP contribution in [-0.2, 0) is 10.2 Å². The molecule has 0 aliphatic rings. The van der Waals surface area contributed by atoms with Crippen molar-refractivity contribution in [2.75, 3.05) is 0 Å². The zero-order chi connectivity index (χ0) is 10.8. The van der Waals surface area contributed by atoms with Crippen LogP contribution in [0.25, 0.3) is 6.08 Å². The van der Waals surface area contributed by atoms with Gasteiger partial charge in [0.2, 0.25) is 0 Å². The fourth-order valence-electron chi connectivity index (χ4n) is 0.739. The van der Waals surface area contributed by atoms with Crippen LogP contribution in [0, 0.1) is 0 Å². The Kier molecular flexibility index (Phi) is 3.47. The van der Waals surface area contributed by atoms with Crippen molar-refractivity contribution in [2.24, 2.45) is 0 Å². The van der Waals surface area contributed by atoms with Gasteiger partial charge < -0.3 is 0 Å². The molecule has 0 saturated heterocycles. The average Bonchev–Trinajstić information content (AvgIpc) is 1.97. The lowest BCUT2D eigenvalue weighted by atomic mass is 10.3. The van der Waals surface area contributed by atoms with Gasteiger partial charge in [0.25, 0.3) is 0 Å². The molecule has 0 amide bonds. The largest absolute Gasteiger partial charge is 0.325 e. The van der Waals surface area contributed by atoms with Gasteiger partial charge in [-0.3, -0.25) is 0 Å². The van der Waals surface area contributed by atoms with Gasteiger partial charge >= 0.3 is 10.2 Å². The lowest BCUT2D eigenvalue weighted by molar-refractivity contribution is 0.563. The van der Waals surface area contributed by atoms with E-state index in [0.717, 1.165) is 6.08 Å². The topological polar surface area (TPSA) is 47.0 Å². The molecule has 1 aromatic heterocycles. The average molecular weight is 256 g/mol. The number of nitrogens with zero attached hydrogens (tertiary/aromatic N) is 1. The van der Waals surface area contributed by atoms with E-state index in [-0.39, 0.29) is 10.3 Å². The van der Waals surface area contributed by atoms with E-state index in [1.165, 1.54) is 12.1 Å². The highest BCUT2D eigenvalue weighted by atomic mass is 35.5. The molecule has 14 heavy (non-hydrogen) atoms. The normalized spacial score (nSPS) is 12.2. The highest BCUT2D eigenvalue weighted by molar-refractivity contribution is 7.89. The zero-order valence-corrected chi connectivity index (χ0v) is 8.94. The van der Waals surface area contributed by atoms with E-state index >= 15 is 0 Å². The van der Waals surface area contributed by atoms with Gasteiger partial charge in [-0.15, -0.1) is 3.89 Å². The molecule has 0 bridgehead atoms. The molecule has 7 heteroatoms. The minimum absolute atomic E-state index is 0.105. The molecule has 0 unspecified atom stereocenters. The predicted molar refractivity (Wildman–Crippen MR) is 53.3 cm³/mol. The number of pyridine rings is 1. The fourth-order valence-corrected chi connectivity index (χ4v) is 1.54. The molecule has 0 spiro atoms. The van der Waals surface area contributed by atoms with Crippen molar-refractivity contribution >= 4 is 39.5 Å². The van der Waals surface area contributed by atoms with Crippen molar-refractivity contribution in [2.45, 2.75) is 0 Å². The van der Waals surface area contributed by atoms with Crippen LogP contribution < -0.4 is 0 Å². The molecule has 0 N–H and O–H groups in total. The number of hydrogen-bond donors (Lipinski definition) is 0. The van der Waals surface area contributed by atoms with Gasteiger partial charge in [-0.1, -0.05) is 23.2 Å². The summed E-state index contributed by atoms with van der Waals surface area (Å²) in [4.78, 5) is 3.63. The molecule has 0 saturated carbocycles. The molecular weight excluding hydrogens is 252 g/mol. The van der Waals surface area contributed by atoms with Gasteiger partial charge in [-0.2, -0.15) is 8.42 Å². The van der Waals surface area contributed by atoms with E-state index in [9.17, 15) is 12.3 Å². The molecule has 1 aromatic rings. The molecule has 0 radical (unpaired) electrons. The van der Waals surface area contributed by atoms with Crippen LogP contribution >= 0.6 is 23.2 Å². The van der Waals surface area contributed by atoms with E-state index in [0.29, 0.717) is 11.0 Å². The minimum atomic E-state index is -4.64. The van der Waals surface area contributed by atoms with Gasteiger partial charge in [0.15, 0.2) is 0 Å². The van der Waals surface area contributed by atoms with Crippen LogP contribution in [0.4, 0.5) is 3.89 Å². The van der Waals surface area contributed by atoms with Gasteiger partial charge in [0.05, 0.1) is 5.41 Å². The quantitative estimate of drug-likeness (QED) is 0.603. The maximum atomic E-state index is 12.1. The first kappa shape index (κ1) is 11.4. The van der Waals surface area contributed by atoms with E-state index in [1.807, 2.05) is 0 Å². The number of aromatic nitrogens is 1. The molecule has 0 aromatic carbocycles. The summed E-state index contributed by atoms with van der Waals surface area (Å²) in [5.41, 5.74) is 0.358. The Labute approximate surface area is 90.4 Å². The Hall–Kier alpha value is -0.650. The SMILES string of the molecule is O=S(=O)(F)/C=C/c1cc(Cl)nc(Cl)c1. The maximum Gasteiger partial charge on any atom is 0.325 e. The summed E-state index contributed by atoms with van der Waals surface area (Å²) in [6.45, 7) is 0. The molecular formula is C7H4Cl2FNO2S. The zero-order valence-electron chi connectivity index (χ0n) is 6.62. The van der Waals surface area contributed by atoms with Gasteiger partial charge in [-0.05, 0) is 23.8 Å². The van der Waals surface area contributed by atoms with Crippen molar-refractivity contribution in [3.05, 3.63) is 33.4 Å². The number of rotatable bonds is 2. The fraction of sp³-hybridized carbons (Fsp3) is 0. The van der Waals surface area contributed by atoms with E-state index in [2.05, 4.69) is 4.98 Å². The lowest BCUT2D eigenvalue weighted by Crippen LogP contribution is -1.83. The summed E-state index contributed by atoms with van der Waals surface area (Å²) in [7, 11) is -4.64. The van der Waals surface area contributed by atoms with Crippen molar-refractivity contribution in [1.82, 2.24) is 4.98 Å². The third-order valence-corrected chi connectivity index (χ3v) is 2.06. The van der Waals surface area contributed by atoms with E-state index < -0.39 is 10.2 Å².